The van der Waals surface area contributed by atoms with Gasteiger partial charge in [0.05, 0.1) is 6.61 Å². The molecule has 0 amide bonds. The summed E-state index contributed by atoms with van der Waals surface area (Å²) >= 11 is 0. The largest absolute Gasteiger partial charge is 0.381 e. The van der Waals surface area contributed by atoms with Crippen LogP contribution in [0.5, 0.6) is 0 Å². The van der Waals surface area contributed by atoms with Gasteiger partial charge in [0.1, 0.15) is 0 Å². The molecule has 3 rings (SSSR count). The first-order valence-corrected chi connectivity index (χ1v) is 6.38. The molecule has 1 aliphatic heterocycles. The fraction of sp³-hybridized carbons (Fsp3) is 1.00. The quantitative estimate of drug-likeness (QED) is 0.575. The molecule has 1 heteroatoms. The smallest absolute Gasteiger partial charge is 0.0526 e. The Hall–Kier alpha value is -0.0400. The van der Waals surface area contributed by atoms with E-state index in [0.717, 1.165) is 31.0 Å². The molecule has 1 heterocycles. The van der Waals surface area contributed by atoms with Crippen molar-refractivity contribution in [3.05, 3.63) is 0 Å². The zero-order valence-corrected chi connectivity index (χ0v) is 9.30. The molecule has 2 saturated carbocycles. The van der Waals surface area contributed by atoms with Gasteiger partial charge in [0.25, 0.3) is 0 Å². The van der Waals surface area contributed by atoms with E-state index in [1.165, 1.54) is 38.5 Å². The van der Waals surface area contributed by atoms with Crippen molar-refractivity contribution in [1.82, 2.24) is 0 Å². The standard InChI is InChI=1S/C13H22O/c1-10-8-14-9-13(10)6-5-11-3-2-4-12(11)7-13/h10-12H,2-9H2,1H3. The van der Waals surface area contributed by atoms with Crippen molar-refractivity contribution in [3.8, 4) is 0 Å². The van der Waals surface area contributed by atoms with Crippen molar-refractivity contribution in [2.24, 2.45) is 23.2 Å². The molecule has 0 aromatic rings. The van der Waals surface area contributed by atoms with Crippen molar-refractivity contribution in [3.63, 3.8) is 0 Å². The molecule has 0 aromatic heterocycles. The van der Waals surface area contributed by atoms with Crippen LogP contribution in [-0.2, 0) is 4.74 Å². The third-order valence-electron chi connectivity index (χ3n) is 5.30. The maximum Gasteiger partial charge on any atom is 0.0526 e. The summed E-state index contributed by atoms with van der Waals surface area (Å²) in [6.45, 7) is 4.50. The summed E-state index contributed by atoms with van der Waals surface area (Å²) in [5.41, 5.74) is 0.603. The van der Waals surface area contributed by atoms with Crippen LogP contribution < -0.4 is 0 Å². The Bertz CT molecular complexity index is 225. The Kier molecular flexibility index (Phi) is 2.12. The highest BCUT2D eigenvalue weighted by atomic mass is 16.5. The Labute approximate surface area is 87.2 Å². The average Bonchev–Trinajstić information content (AvgIpc) is 2.75. The maximum atomic E-state index is 5.70. The van der Waals surface area contributed by atoms with Crippen LogP contribution in [0, 0.1) is 23.2 Å². The topological polar surface area (TPSA) is 9.23 Å². The Morgan fingerprint density at radius 1 is 1.14 bits per heavy atom. The van der Waals surface area contributed by atoms with E-state index in [2.05, 4.69) is 6.92 Å². The SMILES string of the molecule is CC1COCC12CCC1CCCC1C2. The van der Waals surface area contributed by atoms with E-state index >= 15 is 0 Å². The molecule has 80 valence electrons. The maximum absolute atomic E-state index is 5.70. The van der Waals surface area contributed by atoms with Gasteiger partial charge in [-0.2, -0.15) is 0 Å². The molecular formula is C13H22O. The molecule has 1 saturated heterocycles. The van der Waals surface area contributed by atoms with Crippen LogP contribution in [0.4, 0.5) is 0 Å². The van der Waals surface area contributed by atoms with Crippen LogP contribution in [0.1, 0.15) is 45.4 Å². The summed E-state index contributed by atoms with van der Waals surface area (Å²) in [5.74, 6) is 2.98. The van der Waals surface area contributed by atoms with E-state index in [-0.39, 0.29) is 0 Å². The molecule has 3 aliphatic rings. The van der Waals surface area contributed by atoms with Crippen molar-refractivity contribution >= 4 is 0 Å². The summed E-state index contributed by atoms with van der Waals surface area (Å²) in [5, 5.41) is 0. The van der Waals surface area contributed by atoms with Gasteiger partial charge in [0, 0.05) is 6.61 Å². The summed E-state index contributed by atoms with van der Waals surface area (Å²) in [6, 6.07) is 0. The molecule has 0 N–H and O–H groups in total. The zero-order valence-electron chi connectivity index (χ0n) is 9.30. The lowest BCUT2D eigenvalue weighted by Crippen LogP contribution is -2.36. The molecule has 4 unspecified atom stereocenters. The second-order valence-corrected chi connectivity index (χ2v) is 5.97. The molecule has 0 radical (unpaired) electrons. The van der Waals surface area contributed by atoms with Gasteiger partial charge in [-0.1, -0.05) is 26.2 Å². The van der Waals surface area contributed by atoms with Crippen LogP contribution in [0.3, 0.4) is 0 Å². The first-order chi connectivity index (χ1) is 6.80. The number of fused-ring (bicyclic) bond motifs is 1. The van der Waals surface area contributed by atoms with Crippen molar-refractivity contribution in [1.29, 1.82) is 0 Å². The lowest BCUT2D eigenvalue weighted by Gasteiger charge is -2.42. The molecular weight excluding hydrogens is 172 g/mol. The van der Waals surface area contributed by atoms with Crippen LogP contribution in [0.25, 0.3) is 0 Å². The lowest BCUT2D eigenvalue weighted by atomic mass is 9.62. The van der Waals surface area contributed by atoms with Gasteiger partial charge < -0.3 is 4.74 Å². The van der Waals surface area contributed by atoms with E-state index in [1.54, 1.807) is 0 Å². The lowest BCUT2D eigenvalue weighted by molar-refractivity contribution is 0.0628. The predicted molar refractivity (Wildman–Crippen MR) is 57.1 cm³/mol. The van der Waals surface area contributed by atoms with Gasteiger partial charge in [-0.15, -0.1) is 0 Å². The van der Waals surface area contributed by atoms with E-state index in [9.17, 15) is 0 Å². The van der Waals surface area contributed by atoms with Crippen LogP contribution in [0.2, 0.25) is 0 Å². The van der Waals surface area contributed by atoms with E-state index in [1.807, 2.05) is 0 Å². The van der Waals surface area contributed by atoms with Crippen molar-refractivity contribution in [2.45, 2.75) is 45.4 Å². The molecule has 1 spiro atoms. The molecule has 4 atom stereocenters. The highest BCUT2D eigenvalue weighted by Gasteiger charge is 2.48. The summed E-state index contributed by atoms with van der Waals surface area (Å²) in [7, 11) is 0. The van der Waals surface area contributed by atoms with Crippen molar-refractivity contribution < 1.29 is 4.74 Å². The Balaban J connectivity index is 1.77. The van der Waals surface area contributed by atoms with Crippen LogP contribution >= 0.6 is 0 Å². The minimum Gasteiger partial charge on any atom is -0.381 e. The third kappa shape index (κ3) is 1.25. The molecule has 2 aliphatic carbocycles. The Morgan fingerprint density at radius 2 is 2.00 bits per heavy atom. The fourth-order valence-electron chi connectivity index (χ4n) is 4.20. The summed E-state index contributed by atoms with van der Waals surface area (Å²) in [6.07, 6.45) is 8.97. The number of rotatable bonds is 0. The normalized spacial score (nSPS) is 52.5. The van der Waals surface area contributed by atoms with Crippen LogP contribution in [0.15, 0.2) is 0 Å². The van der Waals surface area contributed by atoms with Crippen LogP contribution in [-0.4, -0.2) is 13.2 Å². The number of hydrogen-bond donors (Lipinski definition) is 0. The van der Waals surface area contributed by atoms with E-state index in [4.69, 9.17) is 4.74 Å². The van der Waals surface area contributed by atoms with Gasteiger partial charge in [0.2, 0.25) is 0 Å². The van der Waals surface area contributed by atoms with Gasteiger partial charge in [0.15, 0.2) is 0 Å². The monoisotopic (exact) mass is 194 g/mol. The Morgan fingerprint density at radius 3 is 2.79 bits per heavy atom. The molecule has 3 fully saturated rings. The van der Waals surface area contributed by atoms with Crippen molar-refractivity contribution in [2.75, 3.05) is 13.2 Å². The predicted octanol–water partition coefficient (Wildman–Crippen LogP) is 3.24. The highest BCUT2D eigenvalue weighted by Crippen LogP contribution is 2.54. The second-order valence-electron chi connectivity index (χ2n) is 5.97. The fourth-order valence-corrected chi connectivity index (χ4v) is 4.20. The molecule has 14 heavy (non-hydrogen) atoms. The highest BCUT2D eigenvalue weighted by molar-refractivity contribution is 4.97. The average molecular weight is 194 g/mol. The number of hydrogen-bond acceptors (Lipinski definition) is 1. The van der Waals surface area contributed by atoms with E-state index in [0.29, 0.717) is 5.41 Å². The number of ether oxygens (including phenoxy) is 1. The first-order valence-electron chi connectivity index (χ1n) is 6.38. The van der Waals surface area contributed by atoms with Gasteiger partial charge in [-0.25, -0.2) is 0 Å². The summed E-state index contributed by atoms with van der Waals surface area (Å²) in [4.78, 5) is 0. The van der Waals surface area contributed by atoms with Gasteiger partial charge in [-0.3, -0.25) is 0 Å². The summed E-state index contributed by atoms with van der Waals surface area (Å²) < 4.78 is 5.70. The van der Waals surface area contributed by atoms with Gasteiger partial charge in [-0.05, 0) is 42.4 Å². The third-order valence-corrected chi connectivity index (χ3v) is 5.30. The van der Waals surface area contributed by atoms with E-state index < -0.39 is 0 Å². The molecule has 1 nitrogen and oxygen atoms in total. The minimum absolute atomic E-state index is 0.603. The molecule has 0 bridgehead atoms. The zero-order chi connectivity index (χ0) is 9.60. The minimum atomic E-state index is 0.603. The second kappa shape index (κ2) is 3.23. The van der Waals surface area contributed by atoms with Gasteiger partial charge >= 0.3 is 0 Å². The first kappa shape index (κ1) is 9.21. The molecule has 0 aromatic carbocycles.